The highest BCUT2D eigenvalue weighted by molar-refractivity contribution is 6.19. The highest BCUT2D eigenvalue weighted by Crippen LogP contribution is 2.55. The van der Waals surface area contributed by atoms with Gasteiger partial charge in [0.1, 0.15) is 5.82 Å². The molecule has 2 nitrogen and oxygen atoms in total. The first-order valence-electron chi connectivity index (χ1n) is 29.0. The Balaban J connectivity index is 0.841. The highest BCUT2D eigenvalue weighted by atomic mass is 15.1. The zero-order chi connectivity index (χ0) is 53.4. The second-order valence-corrected chi connectivity index (χ2v) is 22.6. The lowest BCUT2D eigenvalue weighted by atomic mass is 9.63. The molecule has 0 aliphatic heterocycles. The van der Waals surface area contributed by atoms with Crippen LogP contribution in [-0.4, -0.2) is 9.55 Å². The first-order valence-corrected chi connectivity index (χ1v) is 29.0. The molecule has 5 aliphatic carbocycles. The van der Waals surface area contributed by atoms with Crippen molar-refractivity contribution >= 4 is 72.2 Å². The first kappa shape index (κ1) is 47.4. The number of para-hydroxylation sites is 3. The van der Waals surface area contributed by atoms with Crippen LogP contribution in [0.2, 0.25) is 0 Å². The van der Waals surface area contributed by atoms with Gasteiger partial charge in [-0.15, -0.1) is 0 Å². The summed E-state index contributed by atoms with van der Waals surface area (Å²) in [5.74, 6) is 1.91. The molecule has 11 aromatic rings. The third-order valence-electron chi connectivity index (χ3n) is 18.2. The van der Waals surface area contributed by atoms with Crippen molar-refractivity contribution in [2.45, 2.75) is 38.0 Å². The lowest BCUT2D eigenvalue weighted by Crippen LogP contribution is -2.27. The van der Waals surface area contributed by atoms with Crippen molar-refractivity contribution in [3.8, 4) is 28.2 Å². The predicted molar refractivity (Wildman–Crippen MR) is 341 cm³/mol. The van der Waals surface area contributed by atoms with Crippen molar-refractivity contribution in [3.63, 3.8) is 0 Å². The summed E-state index contributed by atoms with van der Waals surface area (Å²) in [5, 5.41) is 10.4. The summed E-state index contributed by atoms with van der Waals surface area (Å²) in [6, 6.07) is 80.7. The highest BCUT2D eigenvalue weighted by Gasteiger charge is 2.38. The van der Waals surface area contributed by atoms with Gasteiger partial charge in [-0.25, -0.2) is 4.98 Å². The smallest absolute Gasteiger partial charge is 0.145 e. The van der Waals surface area contributed by atoms with Gasteiger partial charge < -0.3 is 0 Å². The molecular weight excluding hydrogens is 977 g/mol. The number of allylic oxidation sites excluding steroid dienone is 14. The predicted octanol–water partition coefficient (Wildman–Crippen LogP) is 18.7. The van der Waals surface area contributed by atoms with Crippen molar-refractivity contribution < 1.29 is 0 Å². The third kappa shape index (κ3) is 8.11. The fourth-order valence-corrected chi connectivity index (χ4v) is 14.4. The Morgan fingerprint density at radius 1 is 0.494 bits per heavy atom. The van der Waals surface area contributed by atoms with Crippen LogP contribution in [0.15, 0.2) is 283 Å². The van der Waals surface area contributed by atoms with Gasteiger partial charge in [0.25, 0.3) is 0 Å². The average molecular weight is 1040 g/mol. The van der Waals surface area contributed by atoms with Crippen molar-refractivity contribution in [2.75, 3.05) is 0 Å². The van der Waals surface area contributed by atoms with E-state index >= 15 is 0 Å². The van der Waals surface area contributed by atoms with Gasteiger partial charge in [0.05, 0.1) is 11.0 Å². The molecule has 5 aliphatic rings. The lowest BCUT2D eigenvalue weighted by molar-refractivity contribution is 0.600. The molecule has 3 atom stereocenters. The van der Waals surface area contributed by atoms with Crippen molar-refractivity contribution in [2.24, 2.45) is 11.8 Å². The number of hydrogen-bond acceptors (Lipinski definition) is 1. The van der Waals surface area contributed by atoms with Crippen LogP contribution in [0.5, 0.6) is 0 Å². The molecule has 0 spiro atoms. The molecule has 0 saturated carbocycles. The summed E-state index contributed by atoms with van der Waals surface area (Å²) >= 11 is 0. The number of rotatable bonds is 8. The van der Waals surface area contributed by atoms with E-state index in [2.05, 4.69) is 278 Å². The summed E-state index contributed by atoms with van der Waals surface area (Å²) in [6.07, 6.45) is 27.2. The average Bonchev–Trinajstić information content (AvgIpc) is 4.06. The van der Waals surface area contributed by atoms with E-state index in [4.69, 9.17) is 4.98 Å². The van der Waals surface area contributed by atoms with Crippen LogP contribution in [0.3, 0.4) is 0 Å². The Morgan fingerprint density at radius 2 is 1.15 bits per heavy atom. The minimum absolute atomic E-state index is 0.309. The van der Waals surface area contributed by atoms with E-state index in [0.29, 0.717) is 17.8 Å². The Labute approximate surface area is 473 Å². The third-order valence-corrected chi connectivity index (χ3v) is 18.2. The Morgan fingerprint density at radius 3 is 1.93 bits per heavy atom. The summed E-state index contributed by atoms with van der Waals surface area (Å²) in [7, 11) is 0. The van der Waals surface area contributed by atoms with Crippen molar-refractivity contribution in [1.82, 2.24) is 9.55 Å². The lowest BCUT2D eigenvalue weighted by Gasteiger charge is -2.40. The normalized spacial score (nSPS) is 18.5. The molecule has 0 amide bonds. The number of imidazole rings is 1. The second-order valence-electron chi connectivity index (χ2n) is 22.6. The minimum Gasteiger partial charge on any atom is -0.292 e. The van der Waals surface area contributed by atoms with E-state index in [1.165, 1.54) is 104 Å². The fraction of sp³-hybridized carbons (Fsp3) is 0.101. The molecule has 0 bridgehead atoms. The quantitative estimate of drug-likeness (QED) is 0.139. The standard InChI is InChI=1S/C79H58N2/c1-2-20-64(21-3-1)81-74-29-15-14-28-73(74)80-79(81)58-42-40-56(41-43-58)75-66-23-9-12-26-69(66)78(70-27-13-10-24-67(70)75)63-46-47-71-72(50-63)77(57-38-32-54(33-39-57)62-45-35-52-17-5-7-19-60(52)49-62)68-25-11-8-22-65(68)76(71)55-36-30-53(31-37-55)61-44-34-51-16-4-6-18-59(51)48-61/h1-21,23-36,38-44,48-50,55,62,65H,22,37,45-47H2. The van der Waals surface area contributed by atoms with Crippen LogP contribution in [0.25, 0.3) is 100 Å². The summed E-state index contributed by atoms with van der Waals surface area (Å²) in [5.41, 5.74) is 22.2. The molecule has 16 rings (SSSR count). The van der Waals surface area contributed by atoms with Gasteiger partial charge in [-0.2, -0.15) is 0 Å². The van der Waals surface area contributed by atoms with Gasteiger partial charge in [-0.1, -0.05) is 248 Å². The maximum absolute atomic E-state index is 5.22. The SMILES string of the molecule is C1=CCC2C(=C1)C(c1ccc(C3C=c4ccccc4=CC3)cc1)=C1C=C(c3c4ccccc4c(-c4ccc(-c5nc6ccccc6n5-c5ccccc5)cc4)c4ccccc34)CCC1=C2C1C=CC(c2ccc3ccccc3c2)=CC1. The van der Waals surface area contributed by atoms with Crippen LogP contribution in [-0.2, 0) is 0 Å². The molecule has 1 aromatic heterocycles. The molecule has 0 radical (unpaired) electrons. The van der Waals surface area contributed by atoms with Gasteiger partial charge in [0.15, 0.2) is 0 Å². The number of fused-ring (bicyclic) bond motifs is 7. The van der Waals surface area contributed by atoms with E-state index in [1.54, 1.807) is 11.1 Å². The number of nitrogens with zero attached hydrogens (tertiary/aromatic N) is 2. The molecule has 0 fully saturated rings. The second kappa shape index (κ2) is 19.6. The van der Waals surface area contributed by atoms with Crippen LogP contribution >= 0.6 is 0 Å². The Bertz CT molecular complexity index is 4700. The topological polar surface area (TPSA) is 17.8 Å². The van der Waals surface area contributed by atoms with Crippen LogP contribution in [0.4, 0.5) is 0 Å². The van der Waals surface area contributed by atoms with Gasteiger partial charge in [-0.05, 0) is 172 Å². The molecule has 384 valence electrons. The van der Waals surface area contributed by atoms with Gasteiger partial charge in [0.2, 0.25) is 0 Å². The molecule has 2 heteroatoms. The first-order chi connectivity index (χ1) is 40.2. The zero-order valence-corrected chi connectivity index (χ0v) is 45.1. The molecule has 1 heterocycles. The summed E-state index contributed by atoms with van der Waals surface area (Å²) in [4.78, 5) is 5.22. The Hall–Kier alpha value is -9.63. The minimum atomic E-state index is 0.309. The number of hydrogen-bond donors (Lipinski definition) is 0. The molecule has 0 saturated heterocycles. The molecule has 10 aromatic carbocycles. The van der Waals surface area contributed by atoms with E-state index < -0.39 is 0 Å². The molecule has 81 heavy (non-hydrogen) atoms. The summed E-state index contributed by atoms with van der Waals surface area (Å²) < 4.78 is 2.29. The van der Waals surface area contributed by atoms with E-state index in [-0.39, 0.29) is 0 Å². The number of benzene rings is 10. The Kier molecular flexibility index (Phi) is 11.5. The number of aromatic nitrogens is 2. The summed E-state index contributed by atoms with van der Waals surface area (Å²) in [6.45, 7) is 0. The molecule has 3 unspecified atom stereocenters. The van der Waals surface area contributed by atoms with Gasteiger partial charge >= 0.3 is 0 Å². The van der Waals surface area contributed by atoms with E-state index in [0.717, 1.165) is 60.2 Å². The fourth-order valence-electron chi connectivity index (χ4n) is 14.4. The monoisotopic (exact) mass is 1030 g/mol. The van der Waals surface area contributed by atoms with Crippen LogP contribution in [0, 0.1) is 11.8 Å². The molecule has 0 N–H and O–H groups in total. The van der Waals surface area contributed by atoms with Gasteiger partial charge in [0, 0.05) is 29.0 Å². The zero-order valence-electron chi connectivity index (χ0n) is 45.1. The maximum atomic E-state index is 5.22. The van der Waals surface area contributed by atoms with Crippen molar-refractivity contribution in [1.29, 1.82) is 0 Å². The van der Waals surface area contributed by atoms with E-state index in [9.17, 15) is 0 Å². The maximum Gasteiger partial charge on any atom is 0.145 e. The largest absolute Gasteiger partial charge is 0.292 e. The van der Waals surface area contributed by atoms with Gasteiger partial charge in [-0.3, -0.25) is 4.57 Å². The molecular formula is C79H58N2. The van der Waals surface area contributed by atoms with Crippen molar-refractivity contribution in [3.05, 3.63) is 316 Å². The van der Waals surface area contributed by atoms with E-state index in [1.807, 2.05) is 0 Å². The van der Waals surface area contributed by atoms with Crippen LogP contribution < -0.4 is 10.4 Å². The van der Waals surface area contributed by atoms with Crippen LogP contribution in [0.1, 0.15) is 60.3 Å².